The Labute approximate surface area is 214 Å². The zero-order valence-electron chi connectivity index (χ0n) is 20.4. The number of quaternary nitrogens is 1. The van der Waals surface area contributed by atoms with Crippen LogP contribution in [0.4, 0.5) is 0 Å². The van der Waals surface area contributed by atoms with Gasteiger partial charge in [0.15, 0.2) is 0 Å². The van der Waals surface area contributed by atoms with Crippen LogP contribution < -0.4 is 5.84 Å². The Morgan fingerprint density at radius 3 is 2.70 bits per heavy atom. The van der Waals surface area contributed by atoms with Crippen molar-refractivity contribution < 1.29 is 9.39 Å². The van der Waals surface area contributed by atoms with E-state index in [9.17, 15) is 4.79 Å². The average Bonchev–Trinajstić information content (AvgIpc) is 3.62. The first kappa shape index (κ1) is 22.0. The van der Waals surface area contributed by atoms with Crippen LogP contribution in [0.1, 0.15) is 24.1 Å². The molecule has 4 N–H and O–H groups in total. The third-order valence-electron chi connectivity index (χ3n) is 7.84. The van der Waals surface area contributed by atoms with Crippen LogP contribution in [0.5, 0.6) is 0 Å². The molecule has 8 heteroatoms. The Hall–Kier alpha value is -4.27. The summed E-state index contributed by atoms with van der Waals surface area (Å²) in [6.45, 7) is 1.41. The molecular formula is C29H28N7O+. The van der Waals surface area contributed by atoms with Crippen LogP contribution in [-0.4, -0.2) is 50.5 Å². The number of nitrogens with zero attached hydrogens (tertiary/aromatic N) is 4. The summed E-state index contributed by atoms with van der Waals surface area (Å²) in [5, 5.41) is 2.24. The highest BCUT2D eigenvalue weighted by Crippen LogP contribution is 2.38. The van der Waals surface area contributed by atoms with E-state index in [2.05, 4.69) is 39.2 Å². The van der Waals surface area contributed by atoms with Gasteiger partial charge in [0, 0.05) is 47.0 Å². The summed E-state index contributed by atoms with van der Waals surface area (Å²) in [5.41, 5.74) is 5.95. The monoisotopic (exact) mass is 490 g/mol. The zero-order valence-corrected chi connectivity index (χ0v) is 20.4. The molecular weight excluding hydrogens is 462 g/mol. The lowest BCUT2D eigenvalue weighted by Gasteiger charge is -2.32. The fraction of sp³-hybridized carbons (Fsp3) is 0.207. The van der Waals surface area contributed by atoms with Crippen molar-refractivity contribution in [2.75, 3.05) is 13.1 Å². The number of nitrogens with two attached hydrogens (primary N) is 1. The Morgan fingerprint density at radius 1 is 1.08 bits per heavy atom. The van der Waals surface area contributed by atoms with Crippen molar-refractivity contribution in [2.24, 2.45) is 21.7 Å². The number of amides is 1. The number of nitrogens with one attached hydrogen (secondary N) is 2. The van der Waals surface area contributed by atoms with Gasteiger partial charge >= 0.3 is 0 Å². The average molecular weight is 491 g/mol. The number of fused-ring (bicyclic) bond motifs is 3. The van der Waals surface area contributed by atoms with Gasteiger partial charge in [0.25, 0.3) is 5.84 Å². The van der Waals surface area contributed by atoms with E-state index in [0.717, 1.165) is 63.1 Å². The predicted octanol–water partition coefficient (Wildman–Crippen LogP) is 4.35. The first-order valence-corrected chi connectivity index (χ1v) is 12.7. The molecule has 0 bridgehead atoms. The molecule has 37 heavy (non-hydrogen) atoms. The van der Waals surface area contributed by atoms with Crippen LogP contribution >= 0.6 is 0 Å². The minimum Gasteiger partial charge on any atom is -0.361 e. The van der Waals surface area contributed by atoms with Gasteiger partial charge in [-0.2, -0.15) is 10.8 Å². The van der Waals surface area contributed by atoms with Crippen LogP contribution in [0.15, 0.2) is 94.6 Å². The molecule has 0 radical (unpaired) electrons. The van der Waals surface area contributed by atoms with E-state index >= 15 is 0 Å². The molecule has 1 fully saturated rings. The van der Waals surface area contributed by atoms with Crippen molar-refractivity contribution in [2.45, 2.75) is 19.3 Å². The number of piperidine rings is 1. The van der Waals surface area contributed by atoms with Gasteiger partial charge in [0.2, 0.25) is 11.6 Å². The van der Waals surface area contributed by atoms with Gasteiger partial charge in [0.1, 0.15) is 17.6 Å². The molecule has 8 nitrogen and oxygen atoms in total. The predicted molar refractivity (Wildman–Crippen MR) is 145 cm³/mol. The number of aromatic amines is 2. The van der Waals surface area contributed by atoms with E-state index in [-0.39, 0.29) is 16.4 Å². The number of para-hydroxylation sites is 2. The molecule has 4 aromatic rings. The molecule has 2 aromatic heterocycles. The summed E-state index contributed by atoms with van der Waals surface area (Å²) >= 11 is 0. The van der Waals surface area contributed by atoms with Gasteiger partial charge < -0.3 is 14.9 Å². The smallest absolute Gasteiger partial charge is 0.281 e. The molecule has 0 spiro atoms. The van der Waals surface area contributed by atoms with Crippen molar-refractivity contribution in [1.82, 2.24) is 14.9 Å². The van der Waals surface area contributed by atoms with Crippen LogP contribution in [0.3, 0.4) is 0 Å². The lowest BCUT2D eigenvalue weighted by Crippen LogP contribution is -2.53. The number of aliphatic imine (C=N–C) groups is 2. The van der Waals surface area contributed by atoms with Crippen LogP contribution in [0.25, 0.3) is 21.8 Å². The molecule has 0 saturated carbocycles. The topological polar surface area (TPSA) is 103 Å². The number of hydrogen-bond donors (Lipinski definition) is 3. The third kappa shape index (κ3) is 3.56. The molecule has 184 valence electrons. The molecule has 1 amide bonds. The van der Waals surface area contributed by atoms with Crippen molar-refractivity contribution in [3.8, 4) is 0 Å². The molecule has 0 aliphatic carbocycles. The summed E-state index contributed by atoms with van der Waals surface area (Å²) in [4.78, 5) is 31.4. The minimum atomic E-state index is 0.00532. The van der Waals surface area contributed by atoms with E-state index in [4.69, 9.17) is 10.8 Å². The van der Waals surface area contributed by atoms with Crippen molar-refractivity contribution in [3.05, 3.63) is 95.8 Å². The fourth-order valence-electron chi connectivity index (χ4n) is 5.84. The maximum Gasteiger partial charge on any atom is 0.281 e. The number of benzene rings is 2. The van der Waals surface area contributed by atoms with Gasteiger partial charge in [-0.15, -0.1) is 4.59 Å². The normalized spacial score (nSPS) is 21.8. The largest absolute Gasteiger partial charge is 0.361 e. The van der Waals surface area contributed by atoms with E-state index < -0.39 is 0 Å². The Morgan fingerprint density at radius 2 is 1.86 bits per heavy atom. The number of rotatable bonds is 4. The minimum absolute atomic E-state index is 0.00532. The van der Waals surface area contributed by atoms with E-state index in [1.54, 1.807) is 6.20 Å². The van der Waals surface area contributed by atoms with E-state index in [1.165, 1.54) is 0 Å². The quantitative estimate of drug-likeness (QED) is 0.293. The summed E-state index contributed by atoms with van der Waals surface area (Å²) in [6, 6.07) is 18.4. The second-order valence-corrected chi connectivity index (χ2v) is 10.0. The molecule has 2 aromatic carbocycles. The van der Waals surface area contributed by atoms with Crippen LogP contribution in [-0.2, 0) is 11.2 Å². The van der Waals surface area contributed by atoms with E-state index in [1.807, 2.05) is 53.8 Å². The van der Waals surface area contributed by atoms with Crippen molar-refractivity contribution >= 4 is 39.8 Å². The van der Waals surface area contributed by atoms with Gasteiger partial charge in [-0.05, 0) is 36.6 Å². The van der Waals surface area contributed by atoms with Gasteiger partial charge in [0.05, 0.1) is 18.8 Å². The maximum atomic E-state index is 13.2. The van der Waals surface area contributed by atoms with E-state index in [0.29, 0.717) is 19.5 Å². The molecule has 1 atom stereocenters. The number of allylic oxidation sites excluding steroid dienone is 2. The Kier molecular flexibility index (Phi) is 4.99. The van der Waals surface area contributed by atoms with Crippen LogP contribution in [0, 0.1) is 5.92 Å². The number of likely N-dealkylation sites (tertiary alicyclic amines) is 1. The number of hydrogen-bond acceptors (Lipinski definition) is 4. The SMILES string of the molecule is N[N+]12C=CN=CC1=C(C1CCN(C(=O)Cc3c[nH]c4ccccc34)CC1)N=C2c1cc2ccccc2[nH]1. The first-order chi connectivity index (χ1) is 18.1. The molecule has 1 unspecified atom stereocenters. The summed E-state index contributed by atoms with van der Waals surface area (Å²) < 4.78 is 0.00532. The summed E-state index contributed by atoms with van der Waals surface area (Å²) in [7, 11) is 0. The lowest BCUT2D eigenvalue weighted by molar-refractivity contribution is -0.750. The highest BCUT2D eigenvalue weighted by atomic mass is 16.2. The maximum absolute atomic E-state index is 13.2. The highest BCUT2D eigenvalue weighted by molar-refractivity contribution is 6.02. The summed E-state index contributed by atoms with van der Waals surface area (Å²) in [6.07, 6.45) is 9.51. The Balaban J connectivity index is 1.12. The zero-order chi connectivity index (χ0) is 25.0. The number of H-pyrrole nitrogens is 2. The number of carbonyl (C=O) groups is 1. The van der Waals surface area contributed by atoms with Gasteiger partial charge in [-0.3, -0.25) is 9.79 Å². The Bertz CT molecular complexity index is 1630. The molecule has 1 saturated heterocycles. The second kappa shape index (κ2) is 8.40. The number of amidine groups is 1. The van der Waals surface area contributed by atoms with Crippen LogP contribution in [0.2, 0.25) is 0 Å². The molecule has 7 rings (SSSR count). The molecule has 3 aliphatic rings. The number of carbonyl (C=O) groups excluding carboxylic acids is 1. The van der Waals surface area contributed by atoms with Crippen molar-refractivity contribution in [1.29, 1.82) is 0 Å². The molecule has 3 aliphatic heterocycles. The number of aromatic nitrogens is 2. The van der Waals surface area contributed by atoms with Gasteiger partial charge in [-0.25, -0.2) is 0 Å². The summed E-state index contributed by atoms with van der Waals surface area (Å²) in [5.74, 6) is 8.09. The standard InChI is InChI=1S/C29H28N7O/c30-36-14-11-31-18-26(36)28(34-29(36)25-15-20-5-1-3-7-23(20)33-25)19-9-12-35(13-10-19)27(37)16-21-17-32-24-8-4-2-6-22(21)24/h1-8,11,14-15,17-19,32-33H,9-10,12-13,16,30H2/q+1. The van der Waals surface area contributed by atoms with Gasteiger partial charge in [-0.1, -0.05) is 36.4 Å². The third-order valence-corrected chi connectivity index (χ3v) is 7.84. The second-order valence-electron chi connectivity index (χ2n) is 10.0. The lowest BCUT2D eigenvalue weighted by atomic mass is 9.92. The fourth-order valence-corrected chi connectivity index (χ4v) is 5.84. The first-order valence-electron chi connectivity index (χ1n) is 12.7. The highest BCUT2D eigenvalue weighted by Gasteiger charge is 2.46. The molecule has 5 heterocycles. The van der Waals surface area contributed by atoms with Crippen molar-refractivity contribution in [3.63, 3.8) is 0 Å².